The van der Waals surface area contributed by atoms with Crippen LogP contribution >= 0.6 is 0 Å². The van der Waals surface area contributed by atoms with Crippen molar-refractivity contribution >= 4 is 16.0 Å². The summed E-state index contributed by atoms with van der Waals surface area (Å²) in [6, 6.07) is 0. The van der Waals surface area contributed by atoms with Crippen LogP contribution in [0.25, 0.3) is 0 Å². The first-order chi connectivity index (χ1) is 7.43. The summed E-state index contributed by atoms with van der Waals surface area (Å²) >= 11 is 0. The summed E-state index contributed by atoms with van der Waals surface area (Å²) < 4.78 is 25.3. The van der Waals surface area contributed by atoms with Gasteiger partial charge in [0.25, 0.3) is 0 Å². The highest BCUT2D eigenvalue weighted by molar-refractivity contribution is 7.90. The number of sulfonamides is 1. The van der Waals surface area contributed by atoms with Crippen LogP contribution < -0.4 is 4.72 Å². The van der Waals surface area contributed by atoms with E-state index >= 15 is 0 Å². The third kappa shape index (κ3) is 3.75. The molecule has 2 N–H and O–H groups in total. The van der Waals surface area contributed by atoms with Crippen molar-refractivity contribution in [2.24, 2.45) is 5.92 Å². The average Bonchev–Trinajstić information content (AvgIpc) is 2.69. The summed E-state index contributed by atoms with van der Waals surface area (Å²) in [5.74, 6) is -0.712. The minimum Gasteiger partial charge on any atom is -0.480 e. The van der Waals surface area contributed by atoms with E-state index in [0.29, 0.717) is 12.5 Å². The van der Waals surface area contributed by atoms with Gasteiger partial charge in [-0.15, -0.1) is 0 Å². The molecule has 0 spiro atoms. The van der Waals surface area contributed by atoms with Crippen molar-refractivity contribution in [2.75, 3.05) is 6.54 Å². The maximum atomic E-state index is 11.5. The number of aliphatic carboxylic acids is 1. The predicted molar refractivity (Wildman–Crippen MR) is 60.6 cm³/mol. The summed E-state index contributed by atoms with van der Waals surface area (Å²) in [6.07, 6.45) is 5.59. The molecule has 5 nitrogen and oxygen atoms in total. The molecule has 1 fully saturated rings. The Kier molecular flexibility index (Phi) is 4.73. The summed E-state index contributed by atoms with van der Waals surface area (Å²) in [4.78, 5) is 10.5. The Morgan fingerprint density at radius 3 is 2.50 bits per heavy atom. The Balaban J connectivity index is 2.33. The van der Waals surface area contributed by atoms with E-state index in [4.69, 9.17) is 5.11 Å². The Morgan fingerprint density at radius 2 is 2.00 bits per heavy atom. The summed E-state index contributed by atoms with van der Waals surface area (Å²) in [5, 5.41) is 7.23. The van der Waals surface area contributed by atoms with Crippen molar-refractivity contribution in [3.8, 4) is 0 Å². The van der Waals surface area contributed by atoms with Crippen LogP contribution in [0.1, 0.15) is 39.0 Å². The molecule has 6 heteroatoms. The van der Waals surface area contributed by atoms with E-state index in [1.807, 2.05) is 0 Å². The average molecular weight is 249 g/mol. The van der Waals surface area contributed by atoms with E-state index < -0.39 is 21.2 Å². The van der Waals surface area contributed by atoms with Crippen LogP contribution in [-0.4, -0.2) is 31.3 Å². The SMILES string of the molecule is CC(C(=O)O)S(=O)(=O)NCCC1CCCC1. The lowest BCUT2D eigenvalue weighted by Gasteiger charge is -2.12. The number of carbonyl (C=O) groups is 1. The molecule has 1 rings (SSSR count). The maximum absolute atomic E-state index is 11.5. The van der Waals surface area contributed by atoms with Gasteiger partial charge < -0.3 is 5.11 Å². The van der Waals surface area contributed by atoms with Gasteiger partial charge in [-0.2, -0.15) is 0 Å². The van der Waals surface area contributed by atoms with E-state index in [9.17, 15) is 13.2 Å². The van der Waals surface area contributed by atoms with Crippen LogP contribution in [0.2, 0.25) is 0 Å². The van der Waals surface area contributed by atoms with Crippen molar-refractivity contribution in [1.29, 1.82) is 0 Å². The Morgan fingerprint density at radius 1 is 1.44 bits per heavy atom. The summed E-state index contributed by atoms with van der Waals surface area (Å²) in [5.41, 5.74) is 0. The molecule has 0 radical (unpaired) electrons. The maximum Gasteiger partial charge on any atom is 0.323 e. The van der Waals surface area contributed by atoms with Gasteiger partial charge in [-0.05, 0) is 19.3 Å². The highest BCUT2D eigenvalue weighted by Gasteiger charge is 2.27. The van der Waals surface area contributed by atoms with Gasteiger partial charge in [-0.1, -0.05) is 25.7 Å². The van der Waals surface area contributed by atoms with Gasteiger partial charge in [0.15, 0.2) is 5.25 Å². The third-order valence-corrected chi connectivity index (χ3v) is 4.88. The molecular weight excluding hydrogens is 230 g/mol. The number of rotatable bonds is 6. The van der Waals surface area contributed by atoms with E-state index in [0.717, 1.165) is 19.3 Å². The van der Waals surface area contributed by atoms with Crippen molar-refractivity contribution < 1.29 is 18.3 Å². The molecule has 1 unspecified atom stereocenters. The summed E-state index contributed by atoms with van der Waals surface area (Å²) in [7, 11) is -3.70. The fourth-order valence-corrected chi connectivity index (χ4v) is 2.88. The molecule has 0 aromatic rings. The largest absolute Gasteiger partial charge is 0.480 e. The Hall–Kier alpha value is -0.620. The molecule has 1 saturated carbocycles. The van der Waals surface area contributed by atoms with Crippen LogP contribution in [0.15, 0.2) is 0 Å². The van der Waals surface area contributed by atoms with Gasteiger partial charge in [0.05, 0.1) is 0 Å². The number of carboxylic acids is 1. The van der Waals surface area contributed by atoms with E-state index in [1.165, 1.54) is 19.8 Å². The molecule has 0 aliphatic heterocycles. The van der Waals surface area contributed by atoms with Gasteiger partial charge >= 0.3 is 5.97 Å². The molecule has 16 heavy (non-hydrogen) atoms. The smallest absolute Gasteiger partial charge is 0.323 e. The first-order valence-electron chi connectivity index (χ1n) is 5.65. The fourth-order valence-electron chi connectivity index (χ4n) is 1.96. The fraction of sp³-hybridized carbons (Fsp3) is 0.900. The van der Waals surface area contributed by atoms with Crippen molar-refractivity contribution in [1.82, 2.24) is 4.72 Å². The zero-order valence-electron chi connectivity index (χ0n) is 9.48. The van der Waals surface area contributed by atoms with Gasteiger partial charge in [0.1, 0.15) is 0 Å². The molecule has 0 amide bonds. The monoisotopic (exact) mass is 249 g/mol. The number of hydrogen-bond donors (Lipinski definition) is 2. The Labute approximate surface area is 96.3 Å². The zero-order valence-corrected chi connectivity index (χ0v) is 10.3. The van der Waals surface area contributed by atoms with Crippen LogP contribution in [0, 0.1) is 5.92 Å². The summed E-state index contributed by atoms with van der Waals surface area (Å²) in [6.45, 7) is 1.53. The highest BCUT2D eigenvalue weighted by atomic mass is 32.2. The quantitative estimate of drug-likeness (QED) is 0.734. The van der Waals surface area contributed by atoms with Crippen LogP contribution in [0.4, 0.5) is 0 Å². The van der Waals surface area contributed by atoms with Gasteiger partial charge in [-0.25, -0.2) is 13.1 Å². The third-order valence-electron chi connectivity index (χ3n) is 3.14. The normalized spacial score (nSPS) is 19.8. The molecule has 0 bridgehead atoms. The first kappa shape index (κ1) is 13.4. The lowest BCUT2D eigenvalue weighted by atomic mass is 10.1. The van der Waals surface area contributed by atoms with Crippen molar-refractivity contribution in [2.45, 2.75) is 44.3 Å². The van der Waals surface area contributed by atoms with Crippen LogP contribution in [-0.2, 0) is 14.8 Å². The topological polar surface area (TPSA) is 83.5 Å². The van der Waals surface area contributed by atoms with Crippen LogP contribution in [0.5, 0.6) is 0 Å². The van der Waals surface area contributed by atoms with E-state index in [-0.39, 0.29) is 0 Å². The van der Waals surface area contributed by atoms with Crippen molar-refractivity contribution in [3.63, 3.8) is 0 Å². The zero-order chi connectivity index (χ0) is 12.2. The molecule has 0 aromatic heterocycles. The van der Waals surface area contributed by atoms with Gasteiger partial charge in [-0.3, -0.25) is 4.79 Å². The predicted octanol–water partition coefficient (Wildman–Crippen LogP) is 0.959. The molecule has 1 aliphatic rings. The van der Waals surface area contributed by atoms with Crippen LogP contribution in [0.3, 0.4) is 0 Å². The molecule has 94 valence electrons. The second kappa shape index (κ2) is 5.63. The second-order valence-corrected chi connectivity index (χ2v) is 6.44. The first-order valence-corrected chi connectivity index (χ1v) is 7.19. The molecular formula is C10H19NO4S. The van der Waals surface area contributed by atoms with E-state index in [1.54, 1.807) is 0 Å². The standard InChI is InChI=1S/C10H19NO4S/c1-8(10(12)13)16(14,15)11-7-6-9-4-2-3-5-9/h8-9,11H,2-7H2,1H3,(H,12,13). The minimum absolute atomic E-state index is 0.352. The molecule has 0 aromatic carbocycles. The lowest BCUT2D eigenvalue weighted by Crippen LogP contribution is -2.38. The Bertz CT molecular complexity index is 333. The van der Waals surface area contributed by atoms with Gasteiger partial charge in [0, 0.05) is 6.54 Å². The number of nitrogens with one attached hydrogen (secondary N) is 1. The minimum atomic E-state index is -3.70. The molecule has 0 heterocycles. The molecule has 1 aliphatic carbocycles. The number of carboxylic acid groups (broad SMARTS) is 1. The second-order valence-electron chi connectivity index (χ2n) is 4.36. The number of hydrogen-bond acceptors (Lipinski definition) is 3. The molecule has 0 saturated heterocycles. The van der Waals surface area contributed by atoms with Gasteiger partial charge in [0.2, 0.25) is 10.0 Å². The van der Waals surface area contributed by atoms with Crippen molar-refractivity contribution in [3.05, 3.63) is 0 Å². The molecule has 1 atom stereocenters. The highest BCUT2D eigenvalue weighted by Crippen LogP contribution is 2.26. The lowest BCUT2D eigenvalue weighted by molar-refractivity contribution is -0.136. The van der Waals surface area contributed by atoms with E-state index in [2.05, 4.69) is 4.72 Å².